The second-order valence-electron chi connectivity index (χ2n) is 7.39. The lowest BCUT2D eigenvalue weighted by molar-refractivity contribution is -0.00174. The number of hydrogen-bond donors (Lipinski definition) is 1. The predicted molar refractivity (Wildman–Crippen MR) is 78.0 cm³/mol. The molecule has 0 aromatic heterocycles. The van der Waals surface area contributed by atoms with E-state index in [1.807, 2.05) is 0 Å². The fraction of sp³-hybridized carbons (Fsp3) is 1.00. The van der Waals surface area contributed by atoms with Gasteiger partial charge in [0.15, 0.2) is 0 Å². The lowest BCUT2D eigenvalue weighted by Gasteiger charge is -2.52. The van der Waals surface area contributed by atoms with E-state index in [2.05, 4.69) is 51.8 Å². The van der Waals surface area contributed by atoms with Crippen molar-refractivity contribution in [2.24, 2.45) is 5.41 Å². The summed E-state index contributed by atoms with van der Waals surface area (Å²) in [6.45, 7) is 17.0. The van der Waals surface area contributed by atoms with E-state index in [0.29, 0.717) is 17.5 Å². The first-order chi connectivity index (χ1) is 8.18. The molecule has 18 heavy (non-hydrogen) atoms. The molecule has 0 radical (unpaired) electrons. The van der Waals surface area contributed by atoms with Gasteiger partial charge in [0.1, 0.15) is 0 Å². The second-order valence-corrected chi connectivity index (χ2v) is 7.39. The Kier molecular flexibility index (Phi) is 5.22. The van der Waals surface area contributed by atoms with Gasteiger partial charge in [-0.05, 0) is 32.6 Å². The second kappa shape index (κ2) is 5.89. The Bertz CT molecular complexity index is 258. The maximum absolute atomic E-state index is 5.22. The summed E-state index contributed by atoms with van der Waals surface area (Å²) in [5.41, 5.74) is 0.546. The van der Waals surface area contributed by atoms with Gasteiger partial charge in [-0.25, -0.2) is 0 Å². The molecule has 1 fully saturated rings. The van der Waals surface area contributed by atoms with Gasteiger partial charge < -0.3 is 10.1 Å². The number of hydrogen-bond acceptors (Lipinski definition) is 3. The monoisotopic (exact) mass is 256 g/mol. The van der Waals surface area contributed by atoms with Crippen molar-refractivity contribution in [1.82, 2.24) is 10.2 Å². The molecule has 1 heterocycles. The van der Waals surface area contributed by atoms with Crippen LogP contribution in [0.3, 0.4) is 0 Å². The van der Waals surface area contributed by atoms with Crippen LogP contribution in [0.2, 0.25) is 0 Å². The molecular weight excluding hydrogens is 224 g/mol. The highest BCUT2D eigenvalue weighted by Gasteiger charge is 2.39. The summed E-state index contributed by atoms with van der Waals surface area (Å²) in [4.78, 5) is 2.65. The normalized spacial score (nSPS) is 27.2. The predicted octanol–water partition coefficient (Wildman–Crippen LogP) is 2.51. The highest BCUT2D eigenvalue weighted by atomic mass is 16.5. The third-order valence-corrected chi connectivity index (χ3v) is 4.26. The Balaban J connectivity index is 2.71. The molecule has 0 aromatic carbocycles. The minimum Gasteiger partial charge on any atom is -0.385 e. The first kappa shape index (κ1) is 15.9. The summed E-state index contributed by atoms with van der Waals surface area (Å²) in [5, 5.41) is 3.72. The molecule has 2 atom stereocenters. The fourth-order valence-corrected chi connectivity index (χ4v) is 2.78. The maximum Gasteiger partial charge on any atom is 0.0477 e. The summed E-state index contributed by atoms with van der Waals surface area (Å²) in [6, 6.07) is 1.14. The molecule has 0 aliphatic carbocycles. The summed E-state index contributed by atoms with van der Waals surface area (Å²) in [7, 11) is 1.79. The number of methoxy groups -OCH3 is 1. The molecule has 0 bridgehead atoms. The third kappa shape index (κ3) is 3.94. The molecular formula is C15H32N2O. The van der Waals surface area contributed by atoms with E-state index in [-0.39, 0.29) is 5.54 Å². The highest BCUT2D eigenvalue weighted by molar-refractivity contribution is 4.98. The topological polar surface area (TPSA) is 24.5 Å². The SMILES string of the molecule is COCCC(C)N1CC(C(C)(C)C)NCC1(C)C. The van der Waals surface area contributed by atoms with Crippen molar-refractivity contribution in [3.8, 4) is 0 Å². The van der Waals surface area contributed by atoms with Gasteiger partial charge >= 0.3 is 0 Å². The largest absolute Gasteiger partial charge is 0.385 e. The van der Waals surface area contributed by atoms with Crippen molar-refractivity contribution in [2.45, 2.75) is 65.6 Å². The van der Waals surface area contributed by atoms with E-state index in [1.54, 1.807) is 7.11 Å². The molecule has 0 saturated carbocycles. The Morgan fingerprint density at radius 2 is 2.00 bits per heavy atom. The number of ether oxygens (including phenoxy) is 1. The first-order valence-electron chi connectivity index (χ1n) is 7.17. The van der Waals surface area contributed by atoms with Gasteiger partial charge in [-0.2, -0.15) is 0 Å². The Hall–Kier alpha value is -0.120. The summed E-state index contributed by atoms with van der Waals surface area (Å²) in [6.07, 6.45) is 1.11. The molecule has 3 heteroatoms. The molecule has 0 spiro atoms. The molecule has 1 saturated heterocycles. The molecule has 108 valence electrons. The zero-order valence-corrected chi connectivity index (χ0v) is 13.3. The van der Waals surface area contributed by atoms with Crippen LogP contribution >= 0.6 is 0 Å². The molecule has 0 amide bonds. The van der Waals surface area contributed by atoms with Gasteiger partial charge in [-0.15, -0.1) is 0 Å². The number of rotatable bonds is 4. The standard InChI is InChI=1S/C15H32N2O/c1-12(8-9-18-7)17-10-13(14(2,3)4)16-11-15(17,5)6/h12-13,16H,8-11H2,1-7H3. The zero-order valence-electron chi connectivity index (χ0n) is 13.3. The summed E-state index contributed by atoms with van der Waals surface area (Å²) < 4.78 is 5.22. The lowest BCUT2D eigenvalue weighted by Crippen LogP contribution is -2.66. The number of nitrogens with zero attached hydrogens (tertiary/aromatic N) is 1. The van der Waals surface area contributed by atoms with E-state index in [1.165, 1.54) is 0 Å². The van der Waals surface area contributed by atoms with E-state index < -0.39 is 0 Å². The van der Waals surface area contributed by atoms with E-state index in [4.69, 9.17) is 4.74 Å². The van der Waals surface area contributed by atoms with Crippen LogP contribution in [0.5, 0.6) is 0 Å². The van der Waals surface area contributed by atoms with Crippen molar-refractivity contribution in [3.05, 3.63) is 0 Å². The van der Waals surface area contributed by atoms with Crippen molar-refractivity contribution < 1.29 is 4.74 Å². The van der Waals surface area contributed by atoms with Crippen LogP contribution in [0, 0.1) is 5.41 Å². The summed E-state index contributed by atoms with van der Waals surface area (Å²) >= 11 is 0. The highest BCUT2D eigenvalue weighted by Crippen LogP contribution is 2.29. The molecule has 1 N–H and O–H groups in total. The summed E-state index contributed by atoms with van der Waals surface area (Å²) in [5.74, 6) is 0. The lowest BCUT2D eigenvalue weighted by atomic mass is 9.82. The minimum atomic E-state index is 0.231. The molecule has 1 aliphatic heterocycles. The average Bonchev–Trinajstić information content (AvgIpc) is 2.23. The minimum absolute atomic E-state index is 0.231. The van der Waals surface area contributed by atoms with E-state index >= 15 is 0 Å². The van der Waals surface area contributed by atoms with Gasteiger partial charge in [0, 0.05) is 44.4 Å². The van der Waals surface area contributed by atoms with Crippen LogP contribution in [0.15, 0.2) is 0 Å². The van der Waals surface area contributed by atoms with Gasteiger partial charge in [-0.1, -0.05) is 20.8 Å². The van der Waals surface area contributed by atoms with Crippen LogP contribution in [0.1, 0.15) is 48.0 Å². The smallest absolute Gasteiger partial charge is 0.0477 e. The van der Waals surface area contributed by atoms with Crippen LogP contribution < -0.4 is 5.32 Å². The van der Waals surface area contributed by atoms with Crippen molar-refractivity contribution in [3.63, 3.8) is 0 Å². The van der Waals surface area contributed by atoms with E-state index in [0.717, 1.165) is 26.1 Å². The fourth-order valence-electron chi connectivity index (χ4n) is 2.78. The first-order valence-corrected chi connectivity index (χ1v) is 7.17. The number of piperazine rings is 1. The van der Waals surface area contributed by atoms with Crippen LogP contribution in [0.4, 0.5) is 0 Å². The average molecular weight is 256 g/mol. The Morgan fingerprint density at radius 3 is 2.50 bits per heavy atom. The molecule has 1 rings (SSSR count). The zero-order chi connectivity index (χ0) is 14.0. The van der Waals surface area contributed by atoms with Crippen LogP contribution in [0.25, 0.3) is 0 Å². The van der Waals surface area contributed by atoms with Crippen LogP contribution in [-0.4, -0.2) is 49.3 Å². The van der Waals surface area contributed by atoms with Crippen LogP contribution in [-0.2, 0) is 4.74 Å². The van der Waals surface area contributed by atoms with Gasteiger partial charge in [-0.3, -0.25) is 4.90 Å². The van der Waals surface area contributed by atoms with Crippen molar-refractivity contribution >= 4 is 0 Å². The molecule has 1 aliphatic rings. The molecule has 2 unspecified atom stereocenters. The molecule has 3 nitrogen and oxygen atoms in total. The number of nitrogens with one attached hydrogen (secondary N) is 1. The van der Waals surface area contributed by atoms with Crippen molar-refractivity contribution in [1.29, 1.82) is 0 Å². The van der Waals surface area contributed by atoms with E-state index in [9.17, 15) is 0 Å². The van der Waals surface area contributed by atoms with Gasteiger partial charge in [0.05, 0.1) is 0 Å². The Morgan fingerprint density at radius 1 is 1.39 bits per heavy atom. The Labute approximate surface area is 113 Å². The quantitative estimate of drug-likeness (QED) is 0.836. The van der Waals surface area contributed by atoms with Gasteiger partial charge in [0.25, 0.3) is 0 Å². The molecule has 0 aromatic rings. The maximum atomic E-state index is 5.22. The van der Waals surface area contributed by atoms with Crippen molar-refractivity contribution in [2.75, 3.05) is 26.8 Å². The third-order valence-electron chi connectivity index (χ3n) is 4.26. The van der Waals surface area contributed by atoms with Gasteiger partial charge in [0.2, 0.25) is 0 Å².